The van der Waals surface area contributed by atoms with E-state index in [0.717, 1.165) is 11.3 Å². The standard InChI is InChI=1S/C13H13ClN2O2S/c1-8(13(15)17)19-7-11-6-12(16-18-11)9-2-4-10(14)5-3-9/h2-6,8H,7H2,1H3,(H2,15,17)/t8-/m1/s1. The van der Waals surface area contributed by atoms with Crippen LogP contribution in [0.3, 0.4) is 0 Å². The minimum atomic E-state index is -0.331. The lowest BCUT2D eigenvalue weighted by molar-refractivity contribution is -0.117. The number of thioether (sulfide) groups is 1. The molecule has 0 aliphatic rings. The third-order valence-electron chi connectivity index (χ3n) is 2.58. The van der Waals surface area contributed by atoms with E-state index in [-0.39, 0.29) is 11.2 Å². The third-order valence-corrected chi connectivity index (χ3v) is 4.01. The Morgan fingerprint density at radius 1 is 1.47 bits per heavy atom. The summed E-state index contributed by atoms with van der Waals surface area (Å²) in [6.45, 7) is 1.77. The average molecular weight is 297 g/mol. The van der Waals surface area contributed by atoms with E-state index < -0.39 is 0 Å². The van der Waals surface area contributed by atoms with Gasteiger partial charge in [0.15, 0.2) is 0 Å². The topological polar surface area (TPSA) is 69.1 Å². The van der Waals surface area contributed by atoms with Crippen molar-refractivity contribution >= 4 is 29.3 Å². The zero-order valence-electron chi connectivity index (χ0n) is 10.3. The number of aromatic nitrogens is 1. The molecule has 0 spiro atoms. The van der Waals surface area contributed by atoms with Crippen molar-refractivity contribution in [3.63, 3.8) is 0 Å². The van der Waals surface area contributed by atoms with Crippen molar-refractivity contribution in [2.75, 3.05) is 0 Å². The van der Waals surface area contributed by atoms with E-state index in [4.69, 9.17) is 21.9 Å². The van der Waals surface area contributed by atoms with Crippen molar-refractivity contribution in [2.45, 2.75) is 17.9 Å². The average Bonchev–Trinajstić information content (AvgIpc) is 2.85. The molecule has 0 saturated heterocycles. The van der Waals surface area contributed by atoms with Crippen molar-refractivity contribution in [1.82, 2.24) is 5.16 Å². The summed E-state index contributed by atoms with van der Waals surface area (Å²) < 4.78 is 5.22. The largest absolute Gasteiger partial charge is 0.369 e. The molecule has 1 amide bonds. The Hall–Kier alpha value is -1.46. The molecule has 0 radical (unpaired) electrons. The van der Waals surface area contributed by atoms with Crippen LogP contribution in [0.15, 0.2) is 34.9 Å². The lowest BCUT2D eigenvalue weighted by atomic mass is 10.1. The minimum absolute atomic E-state index is 0.246. The molecular formula is C13H13ClN2O2S. The maximum atomic E-state index is 10.9. The van der Waals surface area contributed by atoms with E-state index in [0.29, 0.717) is 16.5 Å². The van der Waals surface area contributed by atoms with Gasteiger partial charge < -0.3 is 10.3 Å². The van der Waals surface area contributed by atoms with Crippen molar-refractivity contribution in [1.29, 1.82) is 0 Å². The molecular weight excluding hydrogens is 284 g/mol. The molecule has 0 bridgehead atoms. The van der Waals surface area contributed by atoms with Gasteiger partial charge >= 0.3 is 0 Å². The van der Waals surface area contributed by atoms with Gasteiger partial charge in [-0.05, 0) is 19.1 Å². The first kappa shape index (κ1) is 14.0. The predicted octanol–water partition coefficient (Wildman–Crippen LogP) is 3.10. The molecule has 0 fully saturated rings. The Morgan fingerprint density at radius 2 is 2.16 bits per heavy atom. The van der Waals surface area contributed by atoms with Gasteiger partial charge in [-0.15, -0.1) is 11.8 Å². The van der Waals surface area contributed by atoms with Gasteiger partial charge in [-0.1, -0.05) is 28.9 Å². The predicted molar refractivity (Wildman–Crippen MR) is 76.9 cm³/mol. The summed E-state index contributed by atoms with van der Waals surface area (Å²) in [7, 11) is 0. The summed E-state index contributed by atoms with van der Waals surface area (Å²) in [5.74, 6) is 0.940. The normalized spacial score (nSPS) is 12.3. The Morgan fingerprint density at radius 3 is 2.79 bits per heavy atom. The van der Waals surface area contributed by atoms with Crippen LogP contribution in [0.4, 0.5) is 0 Å². The fourth-order valence-electron chi connectivity index (χ4n) is 1.43. The lowest BCUT2D eigenvalue weighted by Gasteiger charge is -2.03. The van der Waals surface area contributed by atoms with Crippen molar-refractivity contribution in [3.8, 4) is 11.3 Å². The summed E-state index contributed by atoms with van der Waals surface area (Å²) in [5, 5.41) is 4.42. The number of amides is 1. The minimum Gasteiger partial charge on any atom is -0.369 e. The number of halogens is 1. The van der Waals surface area contributed by atoms with Gasteiger partial charge in [-0.2, -0.15) is 0 Å². The number of carbonyl (C=O) groups is 1. The molecule has 2 aromatic rings. The van der Waals surface area contributed by atoms with Crippen LogP contribution in [0.1, 0.15) is 12.7 Å². The second-order valence-electron chi connectivity index (χ2n) is 4.04. The number of hydrogen-bond acceptors (Lipinski definition) is 4. The molecule has 1 atom stereocenters. The number of nitrogens with zero attached hydrogens (tertiary/aromatic N) is 1. The lowest BCUT2D eigenvalue weighted by Crippen LogP contribution is -2.22. The summed E-state index contributed by atoms with van der Waals surface area (Å²) in [6.07, 6.45) is 0. The van der Waals surface area contributed by atoms with Crippen molar-refractivity contribution in [3.05, 3.63) is 41.1 Å². The first-order valence-corrected chi connectivity index (χ1v) is 7.11. The number of primary amides is 1. The maximum Gasteiger partial charge on any atom is 0.230 e. The second kappa shape index (κ2) is 6.12. The van der Waals surface area contributed by atoms with Crippen LogP contribution >= 0.6 is 23.4 Å². The summed E-state index contributed by atoms with van der Waals surface area (Å²) in [5.41, 5.74) is 6.88. The molecule has 0 saturated carbocycles. The van der Waals surface area contributed by atoms with Gasteiger partial charge in [-0.25, -0.2) is 0 Å². The van der Waals surface area contributed by atoms with Gasteiger partial charge in [0.1, 0.15) is 11.5 Å². The van der Waals surface area contributed by atoms with Crippen LogP contribution in [-0.4, -0.2) is 16.3 Å². The van der Waals surface area contributed by atoms with E-state index in [2.05, 4.69) is 5.16 Å². The smallest absolute Gasteiger partial charge is 0.230 e. The Labute approximate surface area is 120 Å². The van der Waals surface area contributed by atoms with Gasteiger partial charge in [0.2, 0.25) is 5.91 Å². The molecule has 2 rings (SSSR count). The van der Waals surface area contributed by atoms with Gasteiger partial charge in [0.25, 0.3) is 0 Å². The first-order chi connectivity index (χ1) is 9.06. The van der Waals surface area contributed by atoms with Crippen LogP contribution in [0, 0.1) is 0 Å². The highest BCUT2D eigenvalue weighted by Gasteiger charge is 2.12. The molecule has 1 aromatic carbocycles. The number of carbonyl (C=O) groups excluding carboxylic acids is 1. The molecule has 100 valence electrons. The highest BCUT2D eigenvalue weighted by Crippen LogP contribution is 2.24. The number of benzene rings is 1. The van der Waals surface area contributed by atoms with Crippen LogP contribution in [0.5, 0.6) is 0 Å². The molecule has 19 heavy (non-hydrogen) atoms. The molecule has 0 unspecified atom stereocenters. The monoisotopic (exact) mass is 296 g/mol. The van der Waals surface area contributed by atoms with Crippen LogP contribution < -0.4 is 5.73 Å². The maximum absolute atomic E-state index is 10.9. The van der Waals surface area contributed by atoms with Crippen LogP contribution in [0.2, 0.25) is 5.02 Å². The highest BCUT2D eigenvalue weighted by atomic mass is 35.5. The molecule has 0 aliphatic heterocycles. The van der Waals surface area contributed by atoms with Crippen LogP contribution in [-0.2, 0) is 10.5 Å². The quantitative estimate of drug-likeness (QED) is 0.920. The fourth-order valence-corrected chi connectivity index (χ4v) is 2.27. The zero-order valence-corrected chi connectivity index (χ0v) is 11.9. The summed E-state index contributed by atoms with van der Waals surface area (Å²) >= 11 is 7.25. The van der Waals surface area contributed by atoms with Crippen LogP contribution in [0.25, 0.3) is 11.3 Å². The van der Waals surface area contributed by atoms with E-state index in [1.165, 1.54) is 11.8 Å². The molecule has 6 heteroatoms. The fraction of sp³-hybridized carbons (Fsp3) is 0.231. The summed E-state index contributed by atoms with van der Waals surface area (Å²) in [4.78, 5) is 10.9. The first-order valence-electron chi connectivity index (χ1n) is 5.68. The van der Waals surface area contributed by atoms with Gasteiger partial charge in [0.05, 0.1) is 11.0 Å². The zero-order chi connectivity index (χ0) is 13.8. The van der Waals surface area contributed by atoms with E-state index in [1.54, 1.807) is 19.1 Å². The van der Waals surface area contributed by atoms with Gasteiger partial charge in [-0.3, -0.25) is 4.79 Å². The Kier molecular flexibility index (Phi) is 4.50. The number of rotatable bonds is 5. The highest BCUT2D eigenvalue weighted by molar-refractivity contribution is 7.99. The van der Waals surface area contributed by atoms with Crippen molar-refractivity contribution < 1.29 is 9.32 Å². The van der Waals surface area contributed by atoms with E-state index in [1.807, 2.05) is 18.2 Å². The molecule has 4 nitrogen and oxygen atoms in total. The Balaban J connectivity index is 2.03. The number of hydrogen-bond donors (Lipinski definition) is 1. The second-order valence-corrected chi connectivity index (χ2v) is 5.81. The third kappa shape index (κ3) is 3.75. The van der Waals surface area contributed by atoms with E-state index in [9.17, 15) is 4.79 Å². The molecule has 0 aliphatic carbocycles. The molecule has 1 heterocycles. The number of nitrogens with two attached hydrogens (primary N) is 1. The van der Waals surface area contributed by atoms with Crippen molar-refractivity contribution in [2.24, 2.45) is 5.73 Å². The summed E-state index contributed by atoms with van der Waals surface area (Å²) in [6, 6.07) is 9.21. The molecule has 2 N–H and O–H groups in total. The van der Waals surface area contributed by atoms with Gasteiger partial charge in [0, 0.05) is 16.7 Å². The Bertz CT molecular complexity index is 568. The SMILES string of the molecule is C[C@@H](SCc1cc(-c2ccc(Cl)cc2)no1)C(N)=O. The molecule has 1 aromatic heterocycles. The van der Waals surface area contributed by atoms with E-state index >= 15 is 0 Å².